The van der Waals surface area contributed by atoms with Crippen molar-refractivity contribution >= 4 is 0 Å². The second-order valence-corrected chi connectivity index (χ2v) is 4.52. The summed E-state index contributed by atoms with van der Waals surface area (Å²) in [6, 6.07) is 10.4. The fraction of sp³-hybridized carbons (Fsp3) is 0.400. The first kappa shape index (κ1) is 13.6. The Kier molecular flexibility index (Phi) is 4.22. The van der Waals surface area contributed by atoms with Crippen LogP contribution in [0.1, 0.15) is 29.9 Å². The van der Waals surface area contributed by atoms with E-state index in [9.17, 15) is 0 Å². The molecule has 19 heavy (non-hydrogen) atoms. The van der Waals surface area contributed by atoms with Crippen LogP contribution in [0.5, 0.6) is 5.75 Å². The Morgan fingerprint density at radius 3 is 2.79 bits per heavy atom. The molecular formula is C15H21N3O. The molecule has 1 N–H and O–H groups in total. The molecule has 1 atom stereocenters. The Bertz CT molecular complexity index is 548. The van der Waals surface area contributed by atoms with Crippen LogP contribution in [0, 0.1) is 6.92 Å². The Balaban J connectivity index is 2.43. The molecule has 0 saturated heterocycles. The molecule has 4 nitrogen and oxygen atoms in total. The van der Waals surface area contributed by atoms with Crippen LogP contribution < -0.4 is 10.1 Å². The van der Waals surface area contributed by atoms with Gasteiger partial charge in [0.25, 0.3) is 0 Å². The van der Waals surface area contributed by atoms with E-state index in [1.807, 2.05) is 30.8 Å². The van der Waals surface area contributed by atoms with Crippen LogP contribution in [0.3, 0.4) is 0 Å². The zero-order valence-electron chi connectivity index (χ0n) is 12.0. The van der Waals surface area contributed by atoms with Gasteiger partial charge in [0.15, 0.2) is 0 Å². The number of rotatable bonds is 5. The van der Waals surface area contributed by atoms with Gasteiger partial charge >= 0.3 is 0 Å². The molecule has 0 aliphatic carbocycles. The number of nitrogens with one attached hydrogen (secondary N) is 1. The Labute approximate surface area is 114 Å². The lowest BCUT2D eigenvalue weighted by Gasteiger charge is -2.18. The number of nitrogens with zero attached hydrogens (tertiary/aromatic N) is 2. The summed E-state index contributed by atoms with van der Waals surface area (Å²) in [5, 5.41) is 7.87. The number of aromatic nitrogens is 2. The summed E-state index contributed by atoms with van der Waals surface area (Å²) < 4.78 is 7.33. The van der Waals surface area contributed by atoms with Gasteiger partial charge in [0.05, 0.1) is 24.5 Å². The third-order valence-corrected chi connectivity index (χ3v) is 3.24. The van der Waals surface area contributed by atoms with Crippen LogP contribution in [-0.4, -0.2) is 23.9 Å². The summed E-state index contributed by atoms with van der Waals surface area (Å²) in [7, 11) is 3.65. The molecule has 0 saturated carbocycles. The fourth-order valence-electron chi connectivity index (χ4n) is 2.36. The van der Waals surface area contributed by atoms with Crippen molar-refractivity contribution in [1.29, 1.82) is 0 Å². The van der Waals surface area contributed by atoms with Crippen molar-refractivity contribution in [3.63, 3.8) is 0 Å². The molecule has 0 bridgehead atoms. The monoisotopic (exact) mass is 259 g/mol. The van der Waals surface area contributed by atoms with E-state index in [-0.39, 0.29) is 6.04 Å². The number of hydrogen-bond acceptors (Lipinski definition) is 3. The average molecular weight is 259 g/mol. The van der Waals surface area contributed by atoms with E-state index < -0.39 is 0 Å². The first-order valence-electron chi connectivity index (χ1n) is 6.55. The van der Waals surface area contributed by atoms with Gasteiger partial charge in [-0.25, -0.2) is 0 Å². The highest BCUT2D eigenvalue weighted by atomic mass is 16.5. The van der Waals surface area contributed by atoms with Gasteiger partial charge in [-0.3, -0.25) is 4.68 Å². The van der Waals surface area contributed by atoms with Crippen molar-refractivity contribution in [2.24, 2.45) is 0 Å². The summed E-state index contributed by atoms with van der Waals surface area (Å²) in [4.78, 5) is 0. The van der Waals surface area contributed by atoms with E-state index in [1.165, 1.54) is 11.3 Å². The van der Waals surface area contributed by atoms with Crippen molar-refractivity contribution in [1.82, 2.24) is 15.1 Å². The standard InChI is InChI=1S/C15H21N3O/c1-5-18-14(9-11(2)17-18)15(16-3)12-7-6-8-13(10-12)19-4/h6-10,15-16H,5H2,1-4H3. The average Bonchev–Trinajstić information content (AvgIpc) is 2.81. The molecule has 1 aromatic carbocycles. The van der Waals surface area contributed by atoms with Crippen molar-refractivity contribution in [3.05, 3.63) is 47.3 Å². The predicted octanol–water partition coefficient (Wildman–Crippen LogP) is 2.53. The van der Waals surface area contributed by atoms with E-state index >= 15 is 0 Å². The normalized spacial score (nSPS) is 12.4. The minimum absolute atomic E-state index is 0.122. The Morgan fingerprint density at radius 2 is 2.16 bits per heavy atom. The molecule has 1 aromatic heterocycles. The second-order valence-electron chi connectivity index (χ2n) is 4.52. The van der Waals surface area contributed by atoms with E-state index in [0.29, 0.717) is 0 Å². The fourth-order valence-corrected chi connectivity index (χ4v) is 2.36. The maximum absolute atomic E-state index is 5.30. The number of hydrogen-bond donors (Lipinski definition) is 1. The number of benzene rings is 1. The zero-order chi connectivity index (χ0) is 13.8. The van der Waals surface area contributed by atoms with Crippen molar-refractivity contribution in [2.45, 2.75) is 26.4 Å². The van der Waals surface area contributed by atoms with Crippen LogP contribution >= 0.6 is 0 Å². The van der Waals surface area contributed by atoms with Crippen molar-refractivity contribution in [2.75, 3.05) is 14.2 Å². The van der Waals surface area contributed by atoms with E-state index in [0.717, 1.165) is 18.0 Å². The predicted molar refractivity (Wildman–Crippen MR) is 76.5 cm³/mol. The molecule has 2 rings (SSSR count). The highest BCUT2D eigenvalue weighted by molar-refractivity contribution is 5.35. The van der Waals surface area contributed by atoms with Gasteiger partial charge in [-0.2, -0.15) is 5.10 Å². The summed E-state index contributed by atoms with van der Waals surface area (Å²) in [5.41, 5.74) is 3.40. The van der Waals surface area contributed by atoms with E-state index in [2.05, 4.69) is 35.5 Å². The van der Waals surface area contributed by atoms with Gasteiger partial charge in [0, 0.05) is 6.54 Å². The summed E-state index contributed by atoms with van der Waals surface area (Å²) in [6.45, 7) is 4.99. The van der Waals surface area contributed by atoms with Crippen LogP contribution in [0.25, 0.3) is 0 Å². The highest BCUT2D eigenvalue weighted by Crippen LogP contribution is 2.25. The molecule has 1 heterocycles. The van der Waals surface area contributed by atoms with Crippen LogP contribution in [0.4, 0.5) is 0 Å². The zero-order valence-corrected chi connectivity index (χ0v) is 12.0. The molecule has 0 spiro atoms. The van der Waals surface area contributed by atoms with Gasteiger partial charge in [-0.15, -0.1) is 0 Å². The molecule has 2 aromatic rings. The van der Waals surface area contributed by atoms with E-state index in [4.69, 9.17) is 4.74 Å². The molecular weight excluding hydrogens is 238 g/mol. The van der Waals surface area contributed by atoms with Gasteiger partial charge in [0.1, 0.15) is 5.75 Å². The number of methoxy groups -OCH3 is 1. The molecule has 0 radical (unpaired) electrons. The lowest BCUT2D eigenvalue weighted by atomic mass is 10.0. The molecule has 102 valence electrons. The maximum atomic E-state index is 5.30. The molecule has 4 heteroatoms. The van der Waals surface area contributed by atoms with Gasteiger partial charge in [-0.1, -0.05) is 12.1 Å². The SMILES string of the molecule is CCn1nc(C)cc1C(NC)c1cccc(OC)c1. The largest absolute Gasteiger partial charge is 0.497 e. The lowest BCUT2D eigenvalue weighted by Crippen LogP contribution is -2.21. The number of ether oxygens (including phenoxy) is 1. The third kappa shape index (κ3) is 2.79. The topological polar surface area (TPSA) is 39.1 Å². The minimum Gasteiger partial charge on any atom is -0.497 e. The maximum Gasteiger partial charge on any atom is 0.119 e. The van der Waals surface area contributed by atoms with Crippen molar-refractivity contribution < 1.29 is 4.74 Å². The molecule has 0 aliphatic heterocycles. The van der Waals surface area contributed by atoms with Crippen molar-refractivity contribution in [3.8, 4) is 5.75 Å². The van der Waals surface area contributed by atoms with Crippen LogP contribution in [0.15, 0.2) is 30.3 Å². The minimum atomic E-state index is 0.122. The molecule has 0 fully saturated rings. The third-order valence-electron chi connectivity index (χ3n) is 3.24. The molecule has 0 amide bonds. The smallest absolute Gasteiger partial charge is 0.119 e. The summed E-state index contributed by atoms with van der Waals surface area (Å²) >= 11 is 0. The first-order valence-corrected chi connectivity index (χ1v) is 6.55. The first-order chi connectivity index (χ1) is 9.19. The van der Waals surface area contributed by atoms with E-state index in [1.54, 1.807) is 7.11 Å². The van der Waals surface area contributed by atoms with Gasteiger partial charge in [-0.05, 0) is 44.7 Å². The Morgan fingerprint density at radius 1 is 1.37 bits per heavy atom. The van der Waals surface area contributed by atoms with Gasteiger partial charge in [0.2, 0.25) is 0 Å². The quantitative estimate of drug-likeness (QED) is 0.897. The molecule has 1 unspecified atom stereocenters. The molecule has 0 aliphatic rings. The van der Waals surface area contributed by atoms with Gasteiger partial charge < -0.3 is 10.1 Å². The summed E-state index contributed by atoms with van der Waals surface area (Å²) in [5.74, 6) is 0.872. The highest BCUT2D eigenvalue weighted by Gasteiger charge is 2.17. The van der Waals surface area contributed by atoms with Crippen LogP contribution in [0.2, 0.25) is 0 Å². The summed E-state index contributed by atoms with van der Waals surface area (Å²) in [6.07, 6.45) is 0. The lowest BCUT2D eigenvalue weighted by molar-refractivity contribution is 0.413. The Hall–Kier alpha value is -1.81. The number of aryl methyl sites for hydroxylation is 2. The second kappa shape index (κ2) is 5.89. The van der Waals surface area contributed by atoms with Crippen LogP contribution in [-0.2, 0) is 6.54 Å².